The van der Waals surface area contributed by atoms with Crippen LogP contribution in [0.4, 0.5) is 17.6 Å². The Morgan fingerprint density at radius 3 is 2.44 bits per heavy atom. The highest BCUT2D eigenvalue weighted by molar-refractivity contribution is 5.30. The summed E-state index contributed by atoms with van der Waals surface area (Å²) < 4.78 is 54.8. The minimum atomic E-state index is -4.62. The Morgan fingerprint density at radius 2 is 2.00 bits per heavy atom. The van der Waals surface area contributed by atoms with Crippen LogP contribution in [0.25, 0.3) is 0 Å². The van der Waals surface area contributed by atoms with E-state index in [1.807, 2.05) is 0 Å². The number of nitrogens with two attached hydrogens (primary N) is 1. The topological polar surface area (TPSA) is 55.5 Å². The summed E-state index contributed by atoms with van der Waals surface area (Å²) in [5.41, 5.74) is 4.62. The average molecular weight is 267 g/mol. The lowest BCUT2D eigenvalue weighted by molar-refractivity contribution is -0.154. The van der Waals surface area contributed by atoms with Crippen molar-refractivity contribution in [2.45, 2.75) is 24.7 Å². The van der Waals surface area contributed by atoms with E-state index < -0.39 is 30.6 Å². The Balaban J connectivity index is 2.81. The first kappa shape index (κ1) is 14.7. The number of methoxy groups -OCH3 is 1. The molecule has 0 spiro atoms. The number of alkyl halides is 3. The van der Waals surface area contributed by atoms with Gasteiger partial charge in [-0.3, -0.25) is 0 Å². The van der Waals surface area contributed by atoms with Gasteiger partial charge in [-0.1, -0.05) is 0 Å². The second kappa shape index (κ2) is 5.53. The second-order valence-corrected chi connectivity index (χ2v) is 3.79. The molecular weight excluding hydrogens is 254 g/mol. The molecule has 1 rings (SSSR count). The Labute approximate surface area is 101 Å². The summed E-state index contributed by atoms with van der Waals surface area (Å²) >= 11 is 0. The van der Waals surface area contributed by atoms with Crippen molar-refractivity contribution in [3.63, 3.8) is 0 Å². The number of aliphatic hydroxyl groups is 1. The van der Waals surface area contributed by atoms with E-state index in [4.69, 9.17) is 10.5 Å². The Bertz CT molecular complexity index is 409. The maximum Gasteiger partial charge on any atom is 0.403 e. The maximum absolute atomic E-state index is 13.5. The zero-order chi connectivity index (χ0) is 13.9. The summed E-state index contributed by atoms with van der Waals surface area (Å²) in [5, 5.41) is 9.54. The van der Waals surface area contributed by atoms with Gasteiger partial charge in [0.25, 0.3) is 0 Å². The summed E-state index contributed by atoms with van der Waals surface area (Å²) in [6, 6.07) is 1.30. The molecule has 1 aromatic carbocycles. The van der Waals surface area contributed by atoms with Gasteiger partial charge < -0.3 is 15.6 Å². The van der Waals surface area contributed by atoms with Crippen molar-refractivity contribution >= 4 is 0 Å². The third kappa shape index (κ3) is 3.58. The Hall–Kier alpha value is -1.34. The largest absolute Gasteiger partial charge is 0.497 e. The highest BCUT2D eigenvalue weighted by Crippen LogP contribution is 2.29. The van der Waals surface area contributed by atoms with Crippen molar-refractivity contribution in [2.75, 3.05) is 7.11 Å². The van der Waals surface area contributed by atoms with Crippen molar-refractivity contribution in [2.24, 2.45) is 5.73 Å². The fourth-order valence-electron chi connectivity index (χ4n) is 1.41. The van der Waals surface area contributed by atoms with E-state index in [1.165, 1.54) is 19.2 Å². The molecule has 2 atom stereocenters. The number of rotatable bonds is 4. The maximum atomic E-state index is 13.5. The minimum absolute atomic E-state index is 0.212. The highest BCUT2D eigenvalue weighted by Gasteiger charge is 2.38. The zero-order valence-corrected chi connectivity index (χ0v) is 9.54. The predicted octanol–water partition coefficient (Wildman–Crippen LogP) is 2.15. The molecule has 0 aliphatic heterocycles. The predicted molar refractivity (Wildman–Crippen MR) is 56.6 cm³/mol. The molecule has 0 aromatic heterocycles. The van der Waals surface area contributed by atoms with E-state index in [1.54, 1.807) is 0 Å². The van der Waals surface area contributed by atoms with Gasteiger partial charge in [-0.15, -0.1) is 0 Å². The molecule has 0 unspecified atom stereocenters. The van der Waals surface area contributed by atoms with Crippen LogP contribution in [0.15, 0.2) is 18.2 Å². The van der Waals surface area contributed by atoms with Crippen molar-refractivity contribution in [3.8, 4) is 5.75 Å². The van der Waals surface area contributed by atoms with E-state index in [0.717, 1.165) is 6.07 Å². The lowest BCUT2D eigenvalue weighted by Crippen LogP contribution is -2.38. The molecule has 3 nitrogen and oxygen atoms in total. The number of hydrogen-bond acceptors (Lipinski definition) is 3. The fraction of sp³-hybridized carbons (Fsp3) is 0.455. The van der Waals surface area contributed by atoms with Gasteiger partial charge in [0, 0.05) is 18.1 Å². The van der Waals surface area contributed by atoms with Crippen molar-refractivity contribution in [3.05, 3.63) is 29.6 Å². The summed E-state index contributed by atoms with van der Waals surface area (Å²) in [6.45, 7) is 0. The SMILES string of the molecule is COc1ccc([C@@H](O)C[C@H](N)C(F)(F)F)c(F)c1. The van der Waals surface area contributed by atoms with Crippen LogP contribution in [-0.4, -0.2) is 24.4 Å². The summed E-state index contributed by atoms with van der Waals surface area (Å²) in [6.07, 6.45) is -7.04. The smallest absolute Gasteiger partial charge is 0.403 e. The van der Waals surface area contributed by atoms with Crippen LogP contribution < -0.4 is 10.5 Å². The summed E-state index contributed by atoms with van der Waals surface area (Å²) in [7, 11) is 1.32. The van der Waals surface area contributed by atoms with Crippen LogP contribution in [0.1, 0.15) is 18.1 Å². The van der Waals surface area contributed by atoms with Crippen LogP contribution in [0, 0.1) is 5.82 Å². The molecular formula is C11H13F4NO2. The van der Waals surface area contributed by atoms with Gasteiger partial charge in [0.2, 0.25) is 0 Å². The molecule has 0 aliphatic carbocycles. The second-order valence-electron chi connectivity index (χ2n) is 3.79. The van der Waals surface area contributed by atoms with E-state index >= 15 is 0 Å². The summed E-state index contributed by atoms with van der Waals surface area (Å²) in [5.74, 6) is -0.625. The number of halogens is 4. The quantitative estimate of drug-likeness (QED) is 0.822. The lowest BCUT2D eigenvalue weighted by atomic mass is 10.0. The monoisotopic (exact) mass is 267 g/mol. The number of hydrogen-bond donors (Lipinski definition) is 2. The van der Waals surface area contributed by atoms with Gasteiger partial charge in [-0.05, 0) is 12.1 Å². The summed E-state index contributed by atoms with van der Waals surface area (Å²) in [4.78, 5) is 0. The van der Waals surface area contributed by atoms with Crippen LogP contribution in [0.2, 0.25) is 0 Å². The third-order valence-electron chi connectivity index (χ3n) is 2.46. The van der Waals surface area contributed by atoms with Crippen molar-refractivity contribution in [1.82, 2.24) is 0 Å². The molecule has 0 saturated carbocycles. The van der Waals surface area contributed by atoms with E-state index in [9.17, 15) is 22.7 Å². The first-order chi connectivity index (χ1) is 8.25. The molecule has 0 saturated heterocycles. The molecule has 0 fully saturated rings. The average Bonchev–Trinajstić information content (AvgIpc) is 2.27. The van der Waals surface area contributed by atoms with E-state index in [2.05, 4.69) is 0 Å². The molecule has 3 N–H and O–H groups in total. The molecule has 0 heterocycles. The van der Waals surface area contributed by atoms with Crippen LogP contribution in [0.3, 0.4) is 0 Å². The van der Waals surface area contributed by atoms with Gasteiger partial charge in [-0.25, -0.2) is 4.39 Å². The molecule has 1 aromatic rings. The molecule has 102 valence electrons. The Morgan fingerprint density at radius 1 is 1.39 bits per heavy atom. The van der Waals surface area contributed by atoms with Gasteiger partial charge in [0.1, 0.15) is 17.6 Å². The normalized spacial score (nSPS) is 15.3. The van der Waals surface area contributed by atoms with E-state index in [-0.39, 0.29) is 11.3 Å². The van der Waals surface area contributed by atoms with Crippen LogP contribution in [-0.2, 0) is 0 Å². The first-order valence-corrected chi connectivity index (χ1v) is 5.09. The molecule has 7 heteroatoms. The van der Waals surface area contributed by atoms with E-state index in [0.29, 0.717) is 0 Å². The van der Waals surface area contributed by atoms with Gasteiger partial charge >= 0.3 is 6.18 Å². The molecule has 0 amide bonds. The van der Waals surface area contributed by atoms with Crippen molar-refractivity contribution in [1.29, 1.82) is 0 Å². The number of ether oxygens (including phenoxy) is 1. The highest BCUT2D eigenvalue weighted by atomic mass is 19.4. The number of aliphatic hydroxyl groups excluding tert-OH is 1. The van der Waals surface area contributed by atoms with Gasteiger partial charge in [-0.2, -0.15) is 13.2 Å². The molecule has 18 heavy (non-hydrogen) atoms. The molecule has 0 radical (unpaired) electrons. The lowest BCUT2D eigenvalue weighted by Gasteiger charge is -2.19. The van der Waals surface area contributed by atoms with Crippen LogP contribution >= 0.6 is 0 Å². The molecule has 0 bridgehead atoms. The standard InChI is InChI=1S/C11H13F4NO2/c1-18-6-2-3-7(8(12)4-6)9(17)5-10(16)11(13,14)15/h2-4,9-10,17H,5,16H2,1H3/t9-,10-/m0/s1. The number of benzene rings is 1. The van der Waals surface area contributed by atoms with Crippen molar-refractivity contribution < 1.29 is 27.4 Å². The zero-order valence-electron chi connectivity index (χ0n) is 9.54. The minimum Gasteiger partial charge on any atom is -0.497 e. The Kier molecular flexibility index (Phi) is 4.53. The fourth-order valence-corrected chi connectivity index (χ4v) is 1.41. The molecule has 0 aliphatic rings. The van der Waals surface area contributed by atoms with Gasteiger partial charge in [0.05, 0.1) is 13.2 Å². The first-order valence-electron chi connectivity index (χ1n) is 5.09. The van der Waals surface area contributed by atoms with Crippen LogP contribution in [0.5, 0.6) is 5.75 Å². The third-order valence-corrected chi connectivity index (χ3v) is 2.46. The van der Waals surface area contributed by atoms with Gasteiger partial charge in [0.15, 0.2) is 0 Å².